The number of carbonyl (C=O) groups is 1. The van der Waals surface area contributed by atoms with Crippen molar-refractivity contribution in [2.45, 2.75) is 18.6 Å². The fraction of sp³-hybridized carbons (Fsp3) is 0.500. The molecule has 2 N–H and O–H groups in total. The first-order valence-corrected chi connectivity index (χ1v) is 6.53. The molecule has 0 saturated heterocycles. The molecule has 126 valence electrons. The first-order valence-electron chi connectivity index (χ1n) is 6.53. The lowest BCUT2D eigenvalue weighted by molar-refractivity contribution is -0.161. The molecule has 8 heteroatoms. The van der Waals surface area contributed by atoms with Crippen LogP contribution in [0.25, 0.3) is 0 Å². The van der Waals surface area contributed by atoms with E-state index in [1.54, 1.807) is 30.3 Å². The first kappa shape index (κ1) is 20.7. The maximum Gasteiger partial charge on any atom is 0.408 e. The second kappa shape index (κ2) is 10.4. The highest BCUT2D eigenvalue weighted by atomic mass is 35.5. The summed E-state index contributed by atoms with van der Waals surface area (Å²) in [6.07, 6.45) is -4.77. The minimum absolute atomic E-state index is 0. The van der Waals surface area contributed by atoms with Gasteiger partial charge in [-0.15, -0.1) is 12.4 Å². The molecule has 1 aromatic carbocycles. The summed E-state index contributed by atoms with van der Waals surface area (Å²) in [5, 5.41) is 4.72. The number of halogens is 4. The van der Waals surface area contributed by atoms with Gasteiger partial charge in [0.2, 0.25) is 5.91 Å². The molecule has 0 bridgehead atoms. The predicted octanol–water partition coefficient (Wildman–Crippen LogP) is 1.93. The molecule has 1 atom stereocenters. The predicted molar refractivity (Wildman–Crippen MR) is 80.1 cm³/mol. The number of ether oxygens (including phenoxy) is 1. The van der Waals surface area contributed by atoms with Crippen LogP contribution in [0.1, 0.15) is 5.56 Å². The van der Waals surface area contributed by atoms with Crippen LogP contribution in [0.2, 0.25) is 0 Å². The first-order chi connectivity index (χ1) is 9.93. The smallest absolute Gasteiger partial charge is 0.383 e. The Morgan fingerprint density at radius 3 is 2.45 bits per heavy atom. The summed E-state index contributed by atoms with van der Waals surface area (Å²) in [5.41, 5.74) is 0.521. The van der Waals surface area contributed by atoms with E-state index in [4.69, 9.17) is 4.74 Å². The van der Waals surface area contributed by atoms with Crippen LogP contribution in [0.3, 0.4) is 0 Å². The molecule has 1 amide bonds. The van der Waals surface area contributed by atoms with Gasteiger partial charge in [-0.05, 0) is 5.56 Å². The van der Waals surface area contributed by atoms with E-state index in [1.165, 1.54) is 7.11 Å². The van der Waals surface area contributed by atoms with Crippen molar-refractivity contribution in [2.24, 2.45) is 0 Å². The van der Waals surface area contributed by atoms with Crippen LogP contribution in [0.4, 0.5) is 13.2 Å². The minimum atomic E-state index is -4.49. The topological polar surface area (TPSA) is 50.4 Å². The van der Waals surface area contributed by atoms with Crippen LogP contribution in [0, 0.1) is 0 Å². The van der Waals surface area contributed by atoms with Crippen molar-refractivity contribution in [3.63, 3.8) is 0 Å². The number of carbonyl (C=O) groups excluding carboxylic acids is 1. The Bertz CT molecular complexity index is 430. The van der Waals surface area contributed by atoms with Gasteiger partial charge in [0.25, 0.3) is 0 Å². The van der Waals surface area contributed by atoms with Gasteiger partial charge in [0.15, 0.2) is 0 Å². The molecule has 0 saturated carbocycles. The highest BCUT2D eigenvalue weighted by Gasteiger charge is 2.40. The Morgan fingerprint density at radius 2 is 1.91 bits per heavy atom. The van der Waals surface area contributed by atoms with Crippen LogP contribution >= 0.6 is 12.4 Å². The van der Waals surface area contributed by atoms with E-state index in [0.29, 0.717) is 18.7 Å². The van der Waals surface area contributed by atoms with E-state index in [9.17, 15) is 18.0 Å². The van der Waals surface area contributed by atoms with Crippen molar-refractivity contribution in [1.82, 2.24) is 10.6 Å². The van der Waals surface area contributed by atoms with Gasteiger partial charge in [-0.1, -0.05) is 30.3 Å². The molecular weight excluding hydrogens is 321 g/mol. The quantitative estimate of drug-likeness (QED) is 0.711. The van der Waals surface area contributed by atoms with E-state index < -0.39 is 18.1 Å². The number of nitrogens with one attached hydrogen (secondary N) is 2. The SMILES string of the molecule is COCCNCC(=O)NC(Cc1ccccc1)C(F)(F)F.Cl. The zero-order valence-electron chi connectivity index (χ0n) is 12.2. The number of amides is 1. The Balaban J connectivity index is 0.00000441. The number of methoxy groups -OCH3 is 1. The highest BCUT2D eigenvalue weighted by molar-refractivity contribution is 5.85. The van der Waals surface area contributed by atoms with Gasteiger partial charge in [0, 0.05) is 20.1 Å². The van der Waals surface area contributed by atoms with Gasteiger partial charge in [0.1, 0.15) is 6.04 Å². The molecule has 0 aliphatic carbocycles. The number of hydrogen-bond acceptors (Lipinski definition) is 3. The van der Waals surface area contributed by atoms with E-state index >= 15 is 0 Å². The summed E-state index contributed by atoms with van der Waals surface area (Å²) in [6, 6.07) is 6.36. The number of benzene rings is 1. The fourth-order valence-electron chi connectivity index (χ4n) is 1.72. The lowest BCUT2D eigenvalue weighted by Gasteiger charge is -2.22. The molecular formula is C14H20ClF3N2O2. The minimum Gasteiger partial charge on any atom is -0.383 e. The van der Waals surface area contributed by atoms with Gasteiger partial charge >= 0.3 is 6.18 Å². The molecule has 1 rings (SSSR count). The zero-order valence-corrected chi connectivity index (χ0v) is 13.0. The average molecular weight is 341 g/mol. The molecule has 0 heterocycles. The van der Waals surface area contributed by atoms with Gasteiger partial charge in [-0.2, -0.15) is 13.2 Å². The van der Waals surface area contributed by atoms with Crippen molar-refractivity contribution in [2.75, 3.05) is 26.8 Å². The van der Waals surface area contributed by atoms with Crippen molar-refractivity contribution in [1.29, 1.82) is 0 Å². The van der Waals surface area contributed by atoms with E-state index in [-0.39, 0.29) is 25.4 Å². The second-order valence-electron chi connectivity index (χ2n) is 4.52. The molecule has 0 spiro atoms. The van der Waals surface area contributed by atoms with Crippen LogP contribution in [-0.4, -0.2) is 44.9 Å². The lowest BCUT2D eigenvalue weighted by atomic mass is 10.1. The lowest BCUT2D eigenvalue weighted by Crippen LogP contribution is -2.49. The highest BCUT2D eigenvalue weighted by Crippen LogP contribution is 2.23. The molecule has 0 aliphatic heterocycles. The Kier molecular flexibility index (Phi) is 9.80. The van der Waals surface area contributed by atoms with E-state index in [2.05, 4.69) is 5.32 Å². The van der Waals surface area contributed by atoms with Crippen molar-refractivity contribution in [3.8, 4) is 0 Å². The van der Waals surface area contributed by atoms with Crippen LogP contribution in [0.5, 0.6) is 0 Å². The van der Waals surface area contributed by atoms with Gasteiger partial charge in [0.05, 0.1) is 13.2 Å². The Labute approximate surface area is 133 Å². The Morgan fingerprint density at radius 1 is 1.27 bits per heavy atom. The molecule has 1 unspecified atom stereocenters. The normalized spacial score (nSPS) is 12.4. The maximum absolute atomic E-state index is 13.0. The zero-order chi connectivity index (χ0) is 15.7. The fourth-order valence-corrected chi connectivity index (χ4v) is 1.72. The molecule has 4 nitrogen and oxygen atoms in total. The number of rotatable bonds is 8. The maximum atomic E-state index is 13.0. The number of hydrogen-bond donors (Lipinski definition) is 2. The van der Waals surface area contributed by atoms with E-state index in [0.717, 1.165) is 0 Å². The van der Waals surface area contributed by atoms with Crippen molar-refractivity contribution >= 4 is 18.3 Å². The molecule has 0 fully saturated rings. The van der Waals surface area contributed by atoms with Crippen molar-refractivity contribution in [3.05, 3.63) is 35.9 Å². The summed E-state index contributed by atoms with van der Waals surface area (Å²) in [7, 11) is 1.50. The van der Waals surface area contributed by atoms with Crippen LogP contribution < -0.4 is 10.6 Å². The molecule has 0 aromatic heterocycles. The largest absolute Gasteiger partial charge is 0.408 e. The van der Waals surface area contributed by atoms with Crippen LogP contribution in [-0.2, 0) is 16.0 Å². The average Bonchev–Trinajstić information content (AvgIpc) is 2.43. The van der Waals surface area contributed by atoms with Gasteiger partial charge < -0.3 is 15.4 Å². The summed E-state index contributed by atoms with van der Waals surface area (Å²) in [5.74, 6) is -0.690. The molecule has 0 aliphatic rings. The van der Waals surface area contributed by atoms with Gasteiger partial charge in [-0.25, -0.2) is 0 Å². The standard InChI is InChI=1S/C14H19F3N2O2.ClH/c1-21-8-7-18-10-13(20)19-12(14(15,16)17)9-11-5-3-2-4-6-11;/h2-6,12,18H,7-10H2,1H3,(H,19,20);1H. The van der Waals surface area contributed by atoms with Crippen molar-refractivity contribution < 1.29 is 22.7 Å². The third kappa shape index (κ3) is 8.21. The molecule has 22 heavy (non-hydrogen) atoms. The van der Waals surface area contributed by atoms with Gasteiger partial charge in [-0.3, -0.25) is 4.79 Å². The number of alkyl halides is 3. The van der Waals surface area contributed by atoms with E-state index in [1.807, 2.05) is 5.32 Å². The van der Waals surface area contributed by atoms with Crippen LogP contribution in [0.15, 0.2) is 30.3 Å². The summed E-state index contributed by atoms with van der Waals surface area (Å²) in [6.45, 7) is 0.615. The summed E-state index contributed by atoms with van der Waals surface area (Å²) in [4.78, 5) is 11.5. The summed E-state index contributed by atoms with van der Waals surface area (Å²) >= 11 is 0. The molecule has 1 aromatic rings. The monoisotopic (exact) mass is 340 g/mol. The third-order valence-electron chi connectivity index (χ3n) is 2.78. The molecule has 0 radical (unpaired) electrons. The second-order valence-corrected chi connectivity index (χ2v) is 4.52. The Hall–Kier alpha value is -1.31. The summed E-state index contributed by atoms with van der Waals surface area (Å²) < 4.78 is 43.6. The third-order valence-corrected chi connectivity index (χ3v) is 2.78.